The summed E-state index contributed by atoms with van der Waals surface area (Å²) in [5, 5.41) is 3.51. The van der Waals surface area contributed by atoms with Gasteiger partial charge in [-0.1, -0.05) is 23.7 Å². The van der Waals surface area contributed by atoms with Gasteiger partial charge in [-0.05, 0) is 29.8 Å². The van der Waals surface area contributed by atoms with E-state index in [-0.39, 0.29) is 5.91 Å². The Morgan fingerprint density at radius 1 is 1.20 bits per heavy atom. The molecule has 0 aliphatic rings. The number of amides is 1. The summed E-state index contributed by atoms with van der Waals surface area (Å²) in [5.41, 5.74) is 9.19. The zero-order valence-corrected chi connectivity index (χ0v) is 11.6. The summed E-state index contributed by atoms with van der Waals surface area (Å²) in [6, 6.07) is 12.4. The first kappa shape index (κ1) is 14.3. The van der Waals surface area contributed by atoms with Crippen molar-refractivity contribution < 1.29 is 10.5 Å². The van der Waals surface area contributed by atoms with Crippen LogP contribution in [0, 0.1) is 0 Å². The lowest BCUT2D eigenvalue weighted by Gasteiger charge is -2.07. The first-order valence-corrected chi connectivity index (χ1v) is 6.43. The maximum Gasteiger partial charge on any atom is 0.251 e. The van der Waals surface area contributed by atoms with Crippen molar-refractivity contribution in [3.8, 4) is 0 Å². The summed E-state index contributed by atoms with van der Waals surface area (Å²) in [7, 11) is 0. The van der Waals surface area contributed by atoms with Gasteiger partial charge >= 0.3 is 0 Å². The summed E-state index contributed by atoms with van der Waals surface area (Å²) < 4.78 is 0. The molecule has 20 heavy (non-hydrogen) atoms. The average molecular weight is 292 g/mol. The maximum absolute atomic E-state index is 12.0. The average Bonchev–Trinajstić information content (AvgIpc) is 2.47. The monoisotopic (exact) mass is 291 g/mol. The summed E-state index contributed by atoms with van der Waals surface area (Å²) in [4.78, 5) is 12.0. The molecule has 2 rings (SSSR count). The van der Waals surface area contributed by atoms with E-state index in [1.807, 2.05) is 12.1 Å². The summed E-state index contributed by atoms with van der Waals surface area (Å²) in [5.74, 6) is 5.19. The van der Waals surface area contributed by atoms with Gasteiger partial charge < -0.3 is 16.5 Å². The molecule has 0 aliphatic heterocycles. The molecule has 104 valence electrons. The minimum Gasteiger partial charge on any atom is -0.348 e. The molecule has 0 spiro atoms. The molecule has 0 saturated heterocycles. The minimum atomic E-state index is -0.170. The Morgan fingerprint density at radius 3 is 2.55 bits per heavy atom. The fraction of sp³-hybridized carbons (Fsp3) is 0.0714. The zero-order chi connectivity index (χ0) is 14.5. The highest BCUT2D eigenvalue weighted by molar-refractivity contribution is 6.30. The number of rotatable bonds is 4. The second-order valence-corrected chi connectivity index (χ2v) is 4.76. The molecule has 0 radical (unpaired) electrons. The van der Waals surface area contributed by atoms with Gasteiger partial charge in [-0.25, -0.2) is 0 Å². The first-order chi connectivity index (χ1) is 9.60. The molecule has 5 nitrogen and oxygen atoms in total. The third-order valence-electron chi connectivity index (χ3n) is 2.89. The number of nitrogens with one attached hydrogen (secondary N) is 2. The van der Waals surface area contributed by atoms with Crippen molar-refractivity contribution in [2.24, 2.45) is 5.84 Å². The van der Waals surface area contributed by atoms with Crippen LogP contribution in [0.25, 0.3) is 0 Å². The summed E-state index contributed by atoms with van der Waals surface area (Å²) in [6.45, 7) is 0.438. The van der Waals surface area contributed by atoms with Crippen molar-refractivity contribution in [1.29, 1.82) is 0 Å². The Hall–Kier alpha value is -2.08. The number of benzene rings is 2. The third kappa shape index (κ3) is 3.48. The molecule has 7 N–H and O–H groups in total. The van der Waals surface area contributed by atoms with Crippen LogP contribution in [0.4, 0.5) is 11.4 Å². The molecule has 2 aromatic rings. The molecule has 0 atom stereocenters. The highest BCUT2D eigenvalue weighted by Gasteiger charge is 2.09. The van der Waals surface area contributed by atoms with Gasteiger partial charge in [0.2, 0.25) is 0 Å². The predicted molar refractivity (Wildman–Crippen MR) is 79.4 cm³/mol. The molecule has 0 aliphatic carbocycles. The van der Waals surface area contributed by atoms with Crippen molar-refractivity contribution in [2.75, 3.05) is 5.43 Å². The first-order valence-electron chi connectivity index (χ1n) is 6.05. The van der Waals surface area contributed by atoms with Crippen LogP contribution in [0.3, 0.4) is 0 Å². The third-order valence-corrected chi connectivity index (χ3v) is 3.15. The van der Waals surface area contributed by atoms with Crippen LogP contribution in [-0.4, -0.2) is 5.91 Å². The van der Waals surface area contributed by atoms with E-state index < -0.39 is 0 Å². The number of anilines is 1. The van der Waals surface area contributed by atoms with Crippen LogP contribution in [0.15, 0.2) is 42.5 Å². The Morgan fingerprint density at radius 2 is 1.90 bits per heavy atom. The number of hydrogen-bond acceptors (Lipinski definition) is 3. The molecule has 2 aromatic carbocycles. The van der Waals surface area contributed by atoms with Crippen LogP contribution < -0.4 is 22.3 Å². The van der Waals surface area contributed by atoms with E-state index in [4.69, 9.17) is 17.4 Å². The quantitative estimate of drug-likeness (QED) is 0.507. The maximum atomic E-state index is 12.0. The van der Waals surface area contributed by atoms with Crippen LogP contribution in [-0.2, 0) is 6.54 Å². The van der Waals surface area contributed by atoms with E-state index in [9.17, 15) is 4.79 Å². The number of quaternary nitrogens is 1. The van der Waals surface area contributed by atoms with Crippen molar-refractivity contribution in [2.45, 2.75) is 6.54 Å². The molecule has 0 bridgehead atoms. The van der Waals surface area contributed by atoms with Gasteiger partial charge in [-0.15, -0.1) is 0 Å². The highest BCUT2D eigenvalue weighted by Crippen LogP contribution is 2.17. The Balaban J connectivity index is 2.03. The molecular formula is C14H16ClN4O+. The Labute approximate surface area is 121 Å². The number of carbonyl (C=O) groups excluding carboxylic acids is 1. The number of nitrogen functional groups attached to an aromatic ring is 1. The molecule has 0 unspecified atom stereocenters. The molecule has 0 heterocycles. The number of hydrogen-bond donors (Lipinski definition) is 4. The zero-order valence-electron chi connectivity index (χ0n) is 10.8. The van der Waals surface area contributed by atoms with Gasteiger partial charge in [-0.2, -0.15) is 0 Å². The number of hydrazine groups is 1. The van der Waals surface area contributed by atoms with Gasteiger partial charge in [0.05, 0.1) is 0 Å². The molecular weight excluding hydrogens is 276 g/mol. The fourth-order valence-corrected chi connectivity index (χ4v) is 1.86. The van der Waals surface area contributed by atoms with E-state index in [1.54, 1.807) is 30.3 Å². The lowest BCUT2D eigenvalue weighted by atomic mass is 10.1. The van der Waals surface area contributed by atoms with Gasteiger partial charge in [0.25, 0.3) is 5.91 Å². The predicted octanol–water partition coefficient (Wildman–Crippen LogP) is 1.43. The smallest absolute Gasteiger partial charge is 0.251 e. The van der Waals surface area contributed by atoms with Crippen LogP contribution in [0.2, 0.25) is 5.02 Å². The number of carbonyl (C=O) groups is 1. The van der Waals surface area contributed by atoms with Gasteiger partial charge in [-0.3, -0.25) is 10.6 Å². The molecule has 0 saturated carbocycles. The molecule has 1 amide bonds. The van der Waals surface area contributed by atoms with E-state index in [0.29, 0.717) is 22.8 Å². The Kier molecular flexibility index (Phi) is 4.57. The lowest BCUT2D eigenvalue weighted by molar-refractivity contribution is -0.253. The highest BCUT2D eigenvalue weighted by atomic mass is 35.5. The van der Waals surface area contributed by atoms with Crippen molar-refractivity contribution in [3.63, 3.8) is 0 Å². The fourth-order valence-electron chi connectivity index (χ4n) is 1.74. The second-order valence-electron chi connectivity index (χ2n) is 4.33. The second kappa shape index (κ2) is 6.38. The van der Waals surface area contributed by atoms with Crippen LogP contribution in [0.1, 0.15) is 15.9 Å². The largest absolute Gasteiger partial charge is 0.348 e. The van der Waals surface area contributed by atoms with Gasteiger partial charge in [0.1, 0.15) is 5.69 Å². The normalized spacial score (nSPS) is 10.2. The Bertz CT molecular complexity index is 613. The topological polar surface area (TPSA) is 94.8 Å². The summed E-state index contributed by atoms with van der Waals surface area (Å²) in [6.07, 6.45) is 0. The van der Waals surface area contributed by atoms with Gasteiger partial charge in [0.15, 0.2) is 5.69 Å². The van der Waals surface area contributed by atoms with Crippen molar-refractivity contribution in [3.05, 3.63) is 58.6 Å². The molecule has 0 fully saturated rings. The lowest BCUT2D eigenvalue weighted by Crippen LogP contribution is -2.41. The van der Waals surface area contributed by atoms with E-state index in [2.05, 4.69) is 16.5 Å². The summed E-state index contributed by atoms with van der Waals surface area (Å²) >= 11 is 5.81. The number of nitrogens with two attached hydrogens (primary N) is 1. The van der Waals surface area contributed by atoms with Crippen molar-refractivity contribution in [1.82, 2.24) is 5.32 Å². The van der Waals surface area contributed by atoms with Crippen LogP contribution in [0.5, 0.6) is 0 Å². The van der Waals surface area contributed by atoms with Gasteiger partial charge in [0, 0.05) is 23.2 Å². The van der Waals surface area contributed by atoms with E-state index in [1.165, 1.54) is 0 Å². The minimum absolute atomic E-state index is 0.170. The molecule has 0 aromatic heterocycles. The van der Waals surface area contributed by atoms with Crippen molar-refractivity contribution >= 4 is 28.9 Å². The standard InChI is InChI=1S/C14H15ClN4O/c15-11-4-1-9(2-5-11)8-18-14(20)10-3-6-12(16)13(7-10)19-17/h1-7,19H,8,16-17H2,(H,18,20)/p+1. The number of halogens is 1. The van der Waals surface area contributed by atoms with E-state index in [0.717, 1.165) is 11.3 Å². The SMILES string of the molecule is NNc1cc(C(=O)NCc2ccc(Cl)cc2)ccc1[NH3+]. The molecule has 6 heteroatoms. The van der Waals surface area contributed by atoms with E-state index >= 15 is 0 Å². The van der Waals surface area contributed by atoms with Crippen LogP contribution >= 0.6 is 11.6 Å².